The first-order valence-electron chi connectivity index (χ1n) is 7.20. The number of hydrogen-bond acceptors (Lipinski definition) is 4. The van der Waals surface area contributed by atoms with E-state index in [1.165, 1.54) is 12.3 Å². The fraction of sp³-hybridized carbons (Fsp3) is 0.312. The molecule has 22 heavy (non-hydrogen) atoms. The first-order chi connectivity index (χ1) is 10.6. The Balaban J connectivity index is 1.86. The number of rotatable bonds is 3. The van der Waals surface area contributed by atoms with Gasteiger partial charge in [0.05, 0.1) is 5.92 Å². The Hall–Kier alpha value is -2.50. The van der Waals surface area contributed by atoms with E-state index in [1.807, 2.05) is 12.1 Å². The molecule has 0 atom stereocenters. The lowest BCUT2D eigenvalue weighted by molar-refractivity contribution is -0.142. The number of carboxylic acids is 1. The van der Waals surface area contributed by atoms with Crippen molar-refractivity contribution in [2.45, 2.75) is 12.8 Å². The van der Waals surface area contributed by atoms with E-state index in [9.17, 15) is 9.18 Å². The third kappa shape index (κ3) is 2.90. The molecule has 5 nitrogen and oxygen atoms in total. The molecule has 1 N–H and O–H groups in total. The van der Waals surface area contributed by atoms with Crippen LogP contribution in [0.4, 0.5) is 10.2 Å². The zero-order chi connectivity index (χ0) is 15.5. The van der Waals surface area contributed by atoms with E-state index >= 15 is 0 Å². The van der Waals surface area contributed by atoms with Crippen LogP contribution in [-0.4, -0.2) is 34.1 Å². The maximum Gasteiger partial charge on any atom is 0.306 e. The summed E-state index contributed by atoms with van der Waals surface area (Å²) in [5.41, 5.74) is 1.67. The van der Waals surface area contributed by atoms with E-state index in [0.29, 0.717) is 25.9 Å². The molecule has 3 rings (SSSR count). The number of piperidine rings is 1. The predicted octanol–water partition coefficient (Wildman–Crippen LogP) is 2.58. The third-order valence-corrected chi connectivity index (χ3v) is 3.97. The van der Waals surface area contributed by atoms with Crippen LogP contribution < -0.4 is 4.90 Å². The summed E-state index contributed by atoms with van der Waals surface area (Å²) in [6, 6.07) is 6.74. The largest absolute Gasteiger partial charge is 0.481 e. The number of pyridine rings is 2. The van der Waals surface area contributed by atoms with E-state index < -0.39 is 11.9 Å². The lowest BCUT2D eigenvalue weighted by Crippen LogP contribution is -2.37. The molecular formula is C16H16FN3O2. The van der Waals surface area contributed by atoms with Crippen molar-refractivity contribution in [1.82, 2.24) is 9.97 Å². The number of aliphatic carboxylic acids is 1. The Kier molecular flexibility index (Phi) is 4.00. The van der Waals surface area contributed by atoms with E-state index in [0.717, 1.165) is 16.9 Å². The average Bonchev–Trinajstić information content (AvgIpc) is 2.56. The molecule has 0 saturated carbocycles. The quantitative estimate of drug-likeness (QED) is 0.883. The maximum atomic E-state index is 13.0. The second-order valence-corrected chi connectivity index (χ2v) is 5.34. The Morgan fingerprint density at radius 2 is 2.00 bits per heavy atom. The molecule has 0 amide bonds. The highest BCUT2D eigenvalue weighted by Crippen LogP contribution is 2.31. The van der Waals surface area contributed by atoms with Crippen molar-refractivity contribution < 1.29 is 14.3 Å². The third-order valence-electron chi connectivity index (χ3n) is 3.97. The molecule has 114 valence electrons. The van der Waals surface area contributed by atoms with Gasteiger partial charge in [-0.2, -0.15) is 4.39 Å². The molecule has 2 aromatic rings. The van der Waals surface area contributed by atoms with Gasteiger partial charge in [0.15, 0.2) is 0 Å². The van der Waals surface area contributed by atoms with Crippen LogP contribution in [0.1, 0.15) is 12.8 Å². The molecular weight excluding hydrogens is 285 g/mol. The summed E-state index contributed by atoms with van der Waals surface area (Å²) in [6.45, 7) is 1.30. The lowest BCUT2D eigenvalue weighted by atomic mass is 9.96. The second kappa shape index (κ2) is 6.09. The van der Waals surface area contributed by atoms with Crippen LogP contribution in [0.3, 0.4) is 0 Å². The van der Waals surface area contributed by atoms with Crippen molar-refractivity contribution in [2.24, 2.45) is 5.92 Å². The minimum Gasteiger partial charge on any atom is -0.481 e. The Morgan fingerprint density at radius 3 is 2.64 bits per heavy atom. The number of hydrogen-bond donors (Lipinski definition) is 1. The van der Waals surface area contributed by atoms with Gasteiger partial charge in [-0.1, -0.05) is 0 Å². The zero-order valence-electron chi connectivity index (χ0n) is 11.9. The van der Waals surface area contributed by atoms with Crippen LogP contribution in [0.25, 0.3) is 11.1 Å². The van der Waals surface area contributed by atoms with Gasteiger partial charge in [-0.25, -0.2) is 9.97 Å². The van der Waals surface area contributed by atoms with Gasteiger partial charge < -0.3 is 10.0 Å². The molecule has 2 aromatic heterocycles. The molecule has 1 aliphatic heterocycles. The zero-order valence-corrected chi connectivity index (χ0v) is 11.9. The number of carboxylic acid groups (broad SMARTS) is 1. The molecule has 0 aliphatic carbocycles. The first kappa shape index (κ1) is 14.4. The summed E-state index contributed by atoms with van der Waals surface area (Å²) < 4.78 is 13.0. The topological polar surface area (TPSA) is 66.3 Å². The second-order valence-electron chi connectivity index (χ2n) is 5.34. The summed E-state index contributed by atoms with van der Waals surface area (Å²) in [4.78, 5) is 21.2. The first-order valence-corrected chi connectivity index (χ1v) is 7.20. The van der Waals surface area contributed by atoms with Gasteiger partial charge in [-0.05, 0) is 37.1 Å². The summed E-state index contributed by atoms with van der Waals surface area (Å²) in [7, 11) is 0. The molecule has 3 heterocycles. The van der Waals surface area contributed by atoms with Crippen molar-refractivity contribution in [2.75, 3.05) is 18.0 Å². The van der Waals surface area contributed by atoms with Crippen molar-refractivity contribution in [3.05, 3.63) is 42.6 Å². The van der Waals surface area contributed by atoms with Gasteiger partial charge in [0, 0.05) is 36.6 Å². The minimum absolute atomic E-state index is 0.282. The lowest BCUT2D eigenvalue weighted by Gasteiger charge is -2.32. The fourth-order valence-electron chi connectivity index (χ4n) is 2.75. The van der Waals surface area contributed by atoms with Gasteiger partial charge in [-0.3, -0.25) is 4.79 Å². The highest BCUT2D eigenvalue weighted by atomic mass is 19.1. The van der Waals surface area contributed by atoms with Crippen LogP contribution in [0, 0.1) is 11.9 Å². The molecule has 1 fully saturated rings. The Morgan fingerprint density at radius 1 is 1.23 bits per heavy atom. The van der Waals surface area contributed by atoms with Gasteiger partial charge in [0.25, 0.3) is 0 Å². The van der Waals surface area contributed by atoms with Gasteiger partial charge in [-0.15, -0.1) is 0 Å². The average molecular weight is 301 g/mol. The van der Waals surface area contributed by atoms with Crippen molar-refractivity contribution in [3.8, 4) is 11.1 Å². The summed E-state index contributed by atoms with van der Waals surface area (Å²) in [5.74, 6) is -0.740. The standard InChI is InChI=1S/C16H16FN3O2/c17-14-4-3-12(10-19-14)13-2-1-7-18-15(13)20-8-5-11(6-9-20)16(21)22/h1-4,7,10-11H,5-6,8-9H2,(H,21,22). The summed E-state index contributed by atoms with van der Waals surface area (Å²) in [5, 5.41) is 9.08. The molecule has 1 saturated heterocycles. The van der Waals surface area contributed by atoms with Crippen molar-refractivity contribution in [1.29, 1.82) is 0 Å². The highest BCUT2D eigenvalue weighted by molar-refractivity contribution is 5.76. The van der Waals surface area contributed by atoms with Gasteiger partial charge in [0.2, 0.25) is 5.95 Å². The van der Waals surface area contributed by atoms with Crippen LogP contribution in [0.15, 0.2) is 36.7 Å². The van der Waals surface area contributed by atoms with Crippen molar-refractivity contribution in [3.63, 3.8) is 0 Å². The summed E-state index contributed by atoms with van der Waals surface area (Å²) in [6.07, 6.45) is 4.40. The van der Waals surface area contributed by atoms with Crippen LogP contribution in [0.2, 0.25) is 0 Å². The Bertz CT molecular complexity index is 667. The molecule has 0 bridgehead atoms. The molecule has 1 aliphatic rings. The number of halogens is 1. The van der Waals surface area contributed by atoms with Crippen LogP contribution in [-0.2, 0) is 4.79 Å². The maximum absolute atomic E-state index is 13.0. The van der Waals surface area contributed by atoms with Crippen molar-refractivity contribution >= 4 is 11.8 Å². The number of nitrogens with zero attached hydrogens (tertiary/aromatic N) is 3. The van der Waals surface area contributed by atoms with E-state index in [-0.39, 0.29) is 5.92 Å². The van der Waals surface area contributed by atoms with Crippen LogP contribution >= 0.6 is 0 Å². The van der Waals surface area contributed by atoms with Gasteiger partial charge >= 0.3 is 5.97 Å². The molecule has 6 heteroatoms. The molecule has 0 spiro atoms. The smallest absolute Gasteiger partial charge is 0.306 e. The minimum atomic E-state index is -0.733. The SMILES string of the molecule is O=C(O)C1CCN(c2ncccc2-c2ccc(F)nc2)CC1. The number of carbonyl (C=O) groups is 1. The number of aromatic nitrogens is 2. The predicted molar refractivity (Wildman–Crippen MR) is 80.0 cm³/mol. The van der Waals surface area contributed by atoms with E-state index in [1.54, 1.807) is 12.3 Å². The molecule has 0 aromatic carbocycles. The normalized spacial score (nSPS) is 15.8. The summed E-state index contributed by atoms with van der Waals surface area (Å²) >= 11 is 0. The van der Waals surface area contributed by atoms with Crippen LogP contribution in [0.5, 0.6) is 0 Å². The molecule has 0 unspecified atom stereocenters. The fourth-order valence-corrected chi connectivity index (χ4v) is 2.75. The molecule has 0 radical (unpaired) electrons. The van der Waals surface area contributed by atoms with Gasteiger partial charge in [0.1, 0.15) is 5.82 Å². The highest BCUT2D eigenvalue weighted by Gasteiger charge is 2.26. The Labute approximate surface area is 127 Å². The monoisotopic (exact) mass is 301 g/mol. The number of anilines is 1. The van der Waals surface area contributed by atoms with E-state index in [4.69, 9.17) is 5.11 Å². The van der Waals surface area contributed by atoms with E-state index in [2.05, 4.69) is 14.9 Å².